The molecule has 0 aromatic heterocycles. The van der Waals surface area contributed by atoms with Crippen molar-refractivity contribution in [3.05, 3.63) is 29.8 Å². The maximum atomic E-state index is 9.53. The van der Waals surface area contributed by atoms with Crippen molar-refractivity contribution in [3.63, 3.8) is 0 Å². The van der Waals surface area contributed by atoms with Gasteiger partial charge >= 0.3 is 0 Å². The first-order chi connectivity index (χ1) is 8.49. The van der Waals surface area contributed by atoms with Gasteiger partial charge in [-0.1, -0.05) is 26.0 Å². The van der Waals surface area contributed by atoms with Crippen molar-refractivity contribution < 1.29 is 14.6 Å². The van der Waals surface area contributed by atoms with E-state index in [2.05, 4.69) is 13.8 Å². The highest BCUT2D eigenvalue weighted by Crippen LogP contribution is 2.32. The van der Waals surface area contributed by atoms with Gasteiger partial charge < -0.3 is 14.6 Å². The lowest BCUT2D eigenvalue weighted by Gasteiger charge is -2.15. The molecule has 0 amide bonds. The van der Waals surface area contributed by atoms with Gasteiger partial charge in [-0.2, -0.15) is 0 Å². The van der Waals surface area contributed by atoms with Crippen molar-refractivity contribution in [2.24, 2.45) is 5.92 Å². The summed E-state index contributed by atoms with van der Waals surface area (Å²) in [7, 11) is 3.24. The molecule has 1 rings (SSSR count). The number of rotatable bonds is 5. The van der Waals surface area contributed by atoms with Gasteiger partial charge in [-0.3, -0.25) is 0 Å². The number of aliphatic hydroxyl groups excluding tert-OH is 1. The van der Waals surface area contributed by atoms with E-state index in [0.717, 1.165) is 11.1 Å². The summed E-state index contributed by atoms with van der Waals surface area (Å²) < 4.78 is 10.5. The molecule has 0 bridgehead atoms. The first kappa shape index (κ1) is 14.6. The molecule has 0 radical (unpaired) electrons. The first-order valence-electron chi connectivity index (χ1n) is 6.11. The Morgan fingerprint density at radius 1 is 1.11 bits per heavy atom. The van der Waals surface area contributed by atoms with Crippen LogP contribution in [0.1, 0.15) is 26.3 Å². The smallest absolute Gasteiger partial charge is 0.161 e. The molecule has 100 valence electrons. The molecule has 1 N–H and O–H groups in total. The number of benzene rings is 1. The van der Waals surface area contributed by atoms with Crippen LogP contribution in [0.25, 0.3) is 5.57 Å². The molecule has 1 atom stereocenters. The van der Waals surface area contributed by atoms with Gasteiger partial charge in [0.25, 0.3) is 0 Å². The van der Waals surface area contributed by atoms with Crippen LogP contribution in [0.15, 0.2) is 24.3 Å². The minimum atomic E-state index is -0.463. The molecule has 3 heteroatoms. The topological polar surface area (TPSA) is 38.7 Å². The molecule has 0 fully saturated rings. The van der Waals surface area contributed by atoms with Gasteiger partial charge in [0.2, 0.25) is 0 Å². The highest BCUT2D eigenvalue weighted by Gasteiger charge is 2.11. The van der Waals surface area contributed by atoms with Crippen LogP contribution in [0.3, 0.4) is 0 Å². The van der Waals surface area contributed by atoms with E-state index in [-0.39, 0.29) is 0 Å². The van der Waals surface area contributed by atoms with Crippen LogP contribution in [0, 0.1) is 5.92 Å². The third-order valence-corrected chi connectivity index (χ3v) is 2.76. The zero-order chi connectivity index (χ0) is 13.7. The lowest BCUT2D eigenvalue weighted by molar-refractivity contribution is 0.244. The predicted octanol–water partition coefficient (Wildman–Crippen LogP) is 3.12. The molecule has 1 aromatic carbocycles. The van der Waals surface area contributed by atoms with Crippen LogP contribution in [0.2, 0.25) is 0 Å². The lowest BCUT2D eigenvalue weighted by atomic mass is 9.93. The van der Waals surface area contributed by atoms with Crippen molar-refractivity contribution in [2.45, 2.75) is 26.9 Å². The fraction of sp³-hybridized carbons (Fsp3) is 0.467. The van der Waals surface area contributed by atoms with Gasteiger partial charge in [0.05, 0.1) is 20.3 Å². The second-order valence-corrected chi connectivity index (χ2v) is 4.59. The molecular formula is C15H22O3. The Balaban J connectivity index is 3.22. The molecule has 0 saturated carbocycles. The second-order valence-electron chi connectivity index (χ2n) is 4.59. The van der Waals surface area contributed by atoms with E-state index >= 15 is 0 Å². The highest BCUT2D eigenvalue weighted by atomic mass is 16.5. The van der Waals surface area contributed by atoms with Crippen molar-refractivity contribution in [1.82, 2.24) is 0 Å². The average Bonchev–Trinajstić information content (AvgIpc) is 2.34. The van der Waals surface area contributed by atoms with Crippen molar-refractivity contribution in [2.75, 3.05) is 14.2 Å². The Hall–Kier alpha value is -1.48. The fourth-order valence-electron chi connectivity index (χ4n) is 1.90. The molecule has 0 aliphatic heterocycles. The van der Waals surface area contributed by atoms with Gasteiger partial charge in [-0.25, -0.2) is 0 Å². The number of ether oxygens (including phenoxy) is 2. The highest BCUT2D eigenvalue weighted by molar-refractivity contribution is 5.69. The molecule has 1 aromatic rings. The monoisotopic (exact) mass is 250 g/mol. The van der Waals surface area contributed by atoms with Crippen LogP contribution < -0.4 is 9.47 Å². The van der Waals surface area contributed by atoms with Gasteiger partial charge in [0.1, 0.15) is 0 Å². The molecule has 0 saturated heterocycles. The van der Waals surface area contributed by atoms with Crippen LogP contribution in [0.5, 0.6) is 11.5 Å². The normalized spacial score (nSPS) is 13.6. The van der Waals surface area contributed by atoms with Crippen molar-refractivity contribution in [3.8, 4) is 11.5 Å². The maximum Gasteiger partial charge on any atom is 0.161 e. The van der Waals surface area contributed by atoms with Crippen LogP contribution >= 0.6 is 0 Å². The van der Waals surface area contributed by atoms with Gasteiger partial charge in [0, 0.05) is 0 Å². The van der Waals surface area contributed by atoms with Crippen LogP contribution in [-0.2, 0) is 0 Å². The molecule has 0 unspecified atom stereocenters. The van der Waals surface area contributed by atoms with Crippen molar-refractivity contribution in [1.29, 1.82) is 0 Å². The summed E-state index contributed by atoms with van der Waals surface area (Å²) in [6.45, 7) is 5.96. The number of aliphatic hydroxyl groups is 1. The number of allylic oxidation sites excluding steroid dienone is 1. The van der Waals surface area contributed by atoms with Gasteiger partial charge in [-0.05, 0) is 36.1 Å². The zero-order valence-corrected chi connectivity index (χ0v) is 11.7. The second kappa shape index (κ2) is 6.45. The molecule has 0 aliphatic carbocycles. The van der Waals surface area contributed by atoms with Crippen LogP contribution in [0.4, 0.5) is 0 Å². The Bertz CT molecular complexity index is 420. The SMILES string of the molecule is COc1ccc(/C(=C/[C@H](C)O)C(C)C)cc1OC. The summed E-state index contributed by atoms with van der Waals surface area (Å²) in [4.78, 5) is 0. The van der Waals surface area contributed by atoms with E-state index in [9.17, 15) is 5.11 Å². The molecule has 3 nitrogen and oxygen atoms in total. The van der Waals surface area contributed by atoms with Gasteiger partial charge in [-0.15, -0.1) is 0 Å². The summed E-state index contributed by atoms with van der Waals surface area (Å²) in [5, 5.41) is 9.53. The third kappa shape index (κ3) is 3.50. The van der Waals surface area contributed by atoms with Crippen molar-refractivity contribution >= 4 is 5.57 Å². The zero-order valence-electron chi connectivity index (χ0n) is 11.7. The Morgan fingerprint density at radius 3 is 2.17 bits per heavy atom. The fourth-order valence-corrected chi connectivity index (χ4v) is 1.90. The summed E-state index contributed by atoms with van der Waals surface area (Å²) in [6.07, 6.45) is 1.40. The van der Waals surface area contributed by atoms with E-state index in [0.29, 0.717) is 17.4 Å². The van der Waals surface area contributed by atoms with E-state index in [1.54, 1.807) is 21.1 Å². The predicted molar refractivity (Wildman–Crippen MR) is 74.0 cm³/mol. The summed E-state index contributed by atoms with van der Waals surface area (Å²) in [5.41, 5.74) is 2.15. The molecule has 0 spiro atoms. The van der Waals surface area contributed by atoms with E-state index in [4.69, 9.17) is 9.47 Å². The minimum Gasteiger partial charge on any atom is -0.493 e. The molecule has 18 heavy (non-hydrogen) atoms. The Labute approximate surface area is 109 Å². The minimum absolute atomic E-state index is 0.331. The summed E-state index contributed by atoms with van der Waals surface area (Å²) >= 11 is 0. The Morgan fingerprint density at radius 2 is 1.72 bits per heavy atom. The molecular weight excluding hydrogens is 228 g/mol. The number of hydrogen-bond acceptors (Lipinski definition) is 3. The van der Waals surface area contributed by atoms with E-state index in [1.165, 1.54) is 0 Å². The third-order valence-electron chi connectivity index (χ3n) is 2.76. The molecule has 0 aliphatic rings. The van der Waals surface area contributed by atoms with E-state index < -0.39 is 6.10 Å². The van der Waals surface area contributed by atoms with Crippen LogP contribution in [-0.4, -0.2) is 25.4 Å². The largest absolute Gasteiger partial charge is 0.493 e. The average molecular weight is 250 g/mol. The first-order valence-corrected chi connectivity index (χ1v) is 6.11. The maximum absolute atomic E-state index is 9.53. The lowest BCUT2D eigenvalue weighted by Crippen LogP contribution is -2.01. The summed E-state index contributed by atoms with van der Waals surface area (Å²) in [5.74, 6) is 1.74. The van der Waals surface area contributed by atoms with Gasteiger partial charge in [0.15, 0.2) is 11.5 Å². The summed E-state index contributed by atoms with van der Waals surface area (Å²) in [6, 6.07) is 5.80. The number of hydrogen-bond donors (Lipinski definition) is 1. The van der Waals surface area contributed by atoms with E-state index in [1.807, 2.05) is 24.3 Å². The molecule has 0 heterocycles. The Kier molecular flexibility index (Phi) is 5.23. The quantitative estimate of drug-likeness (QED) is 0.872. The standard InChI is InChI=1S/C15H22O3/c1-10(2)13(8-11(3)16)12-6-7-14(17-4)15(9-12)18-5/h6-11,16H,1-5H3/b13-8+/t11-/m0/s1. The number of methoxy groups -OCH3 is 2.